The summed E-state index contributed by atoms with van der Waals surface area (Å²) in [4.78, 5) is 47.3. The average Bonchev–Trinajstić information content (AvgIpc) is 3.33. The van der Waals surface area contributed by atoms with Crippen LogP contribution in [-0.2, 0) is 10.3 Å². The lowest BCUT2D eigenvalue weighted by molar-refractivity contribution is -0.123. The molecule has 2 saturated heterocycles. The van der Waals surface area contributed by atoms with E-state index in [2.05, 4.69) is 28.6 Å². The SMILES string of the molecule is Cc1ccc2nc(C3CCCN(C(=O)c4cccc(C5(C)NC(=O)NC5=O)c4)C3)[nH]c2c1. The van der Waals surface area contributed by atoms with Gasteiger partial charge in [0, 0.05) is 24.6 Å². The normalized spacial score (nSPS) is 23.3. The van der Waals surface area contributed by atoms with Crippen LogP contribution >= 0.6 is 0 Å². The number of likely N-dealkylation sites (tertiary alicyclic amines) is 1. The zero-order chi connectivity index (χ0) is 22.5. The van der Waals surface area contributed by atoms with E-state index in [-0.39, 0.29) is 11.8 Å². The summed E-state index contributed by atoms with van der Waals surface area (Å²) in [5.41, 5.74) is 3.01. The molecular weight excluding hydrogens is 406 g/mol. The minimum Gasteiger partial charge on any atom is -0.342 e. The number of nitrogens with one attached hydrogen (secondary N) is 3. The Balaban J connectivity index is 1.37. The third-order valence-corrected chi connectivity index (χ3v) is 6.48. The van der Waals surface area contributed by atoms with Gasteiger partial charge in [-0.1, -0.05) is 18.2 Å². The van der Waals surface area contributed by atoms with Gasteiger partial charge in [0.15, 0.2) is 0 Å². The Kier molecular flexibility index (Phi) is 4.73. The molecule has 4 amide bonds. The molecule has 2 aliphatic rings. The largest absolute Gasteiger partial charge is 0.342 e. The first kappa shape index (κ1) is 20.2. The topological polar surface area (TPSA) is 107 Å². The van der Waals surface area contributed by atoms with Crippen LogP contribution in [0.5, 0.6) is 0 Å². The molecule has 1 aromatic heterocycles. The summed E-state index contributed by atoms with van der Waals surface area (Å²) >= 11 is 0. The van der Waals surface area contributed by atoms with Crippen molar-refractivity contribution >= 4 is 28.9 Å². The first-order valence-electron chi connectivity index (χ1n) is 10.8. The molecule has 2 atom stereocenters. The Labute approximate surface area is 185 Å². The van der Waals surface area contributed by atoms with Crippen molar-refractivity contribution in [2.24, 2.45) is 0 Å². The van der Waals surface area contributed by atoms with Gasteiger partial charge in [-0.05, 0) is 62.1 Å². The van der Waals surface area contributed by atoms with E-state index in [1.54, 1.807) is 31.2 Å². The van der Waals surface area contributed by atoms with E-state index in [4.69, 9.17) is 4.98 Å². The lowest BCUT2D eigenvalue weighted by atomic mass is 9.90. The van der Waals surface area contributed by atoms with Crippen molar-refractivity contribution in [2.75, 3.05) is 13.1 Å². The molecule has 0 bridgehead atoms. The Morgan fingerprint density at radius 3 is 2.81 bits per heavy atom. The number of aromatic nitrogens is 2. The first-order chi connectivity index (χ1) is 15.3. The van der Waals surface area contributed by atoms with Gasteiger partial charge in [-0.15, -0.1) is 0 Å². The van der Waals surface area contributed by atoms with E-state index in [0.29, 0.717) is 24.2 Å². The van der Waals surface area contributed by atoms with Gasteiger partial charge in [0.25, 0.3) is 11.8 Å². The van der Waals surface area contributed by atoms with Crippen LogP contribution in [-0.4, -0.2) is 45.8 Å². The van der Waals surface area contributed by atoms with Crippen LogP contribution in [0.2, 0.25) is 0 Å². The second-order valence-electron chi connectivity index (χ2n) is 8.85. The maximum Gasteiger partial charge on any atom is 0.322 e. The quantitative estimate of drug-likeness (QED) is 0.554. The fourth-order valence-corrected chi connectivity index (χ4v) is 4.61. The number of aromatic amines is 1. The molecule has 3 N–H and O–H groups in total. The number of H-pyrrole nitrogens is 1. The number of imide groups is 1. The molecule has 5 rings (SSSR count). The summed E-state index contributed by atoms with van der Waals surface area (Å²) in [7, 11) is 0. The summed E-state index contributed by atoms with van der Waals surface area (Å²) in [5.74, 6) is 0.540. The molecule has 8 nitrogen and oxygen atoms in total. The van der Waals surface area contributed by atoms with E-state index >= 15 is 0 Å². The van der Waals surface area contributed by atoms with E-state index < -0.39 is 17.5 Å². The molecule has 32 heavy (non-hydrogen) atoms. The molecule has 8 heteroatoms. The number of carbonyl (C=O) groups is 3. The van der Waals surface area contributed by atoms with E-state index in [1.165, 1.54) is 5.56 Å². The van der Waals surface area contributed by atoms with Crippen molar-refractivity contribution < 1.29 is 14.4 Å². The highest BCUT2D eigenvalue weighted by Crippen LogP contribution is 2.29. The van der Waals surface area contributed by atoms with Crippen molar-refractivity contribution in [3.8, 4) is 0 Å². The molecule has 0 radical (unpaired) electrons. The number of urea groups is 1. The van der Waals surface area contributed by atoms with Gasteiger partial charge in [0.1, 0.15) is 11.4 Å². The molecule has 2 fully saturated rings. The van der Waals surface area contributed by atoms with Crippen LogP contribution < -0.4 is 10.6 Å². The second kappa shape index (κ2) is 7.47. The number of benzene rings is 2. The summed E-state index contributed by atoms with van der Waals surface area (Å²) in [5, 5.41) is 4.91. The highest BCUT2D eigenvalue weighted by atomic mass is 16.2. The van der Waals surface area contributed by atoms with Crippen molar-refractivity contribution in [1.29, 1.82) is 0 Å². The van der Waals surface area contributed by atoms with Crippen molar-refractivity contribution in [1.82, 2.24) is 25.5 Å². The van der Waals surface area contributed by atoms with Gasteiger partial charge in [0.2, 0.25) is 0 Å². The molecule has 2 aromatic carbocycles. The standard InChI is InChI=1S/C24H25N5O3/c1-14-8-9-18-19(11-14)26-20(25-18)16-6-4-10-29(13-16)21(30)15-5-3-7-17(12-15)24(2)22(31)27-23(32)28-24/h3,5,7-9,11-12,16H,4,6,10,13H2,1-2H3,(H,25,26)(H2,27,28,31,32). The number of amides is 4. The van der Waals surface area contributed by atoms with Gasteiger partial charge in [-0.25, -0.2) is 9.78 Å². The van der Waals surface area contributed by atoms with Crippen molar-refractivity contribution in [2.45, 2.75) is 38.1 Å². The average molecular weight is 431 g/mol. The number of imidazole rings is 1. The van der Waals surface area contributed by atoms with Crippen LogP contribution in [0.4, 0.5) is 4.79 Å². The van der Waals surface area contributed by atoms with Gasteiger partial charge in [-0.2, -0.15) is 0 Å². The predicted molar refractivity (Wildman–Crippen MR) is 119 cm³/mol. The smallest absolute Gasteiger partial charge is 0.322 e. The van der Waals surface area contributed by atoms with Crippen LogP contribution in [0.3, 0.4) is 0 Å². The van der Waals surface area contributed by atoms with Crippen molar-refractivity contribution in [3.05, 3.63) is 65.0 Å². The van der Waals surface area contributed by atoms with Crippen molar-refractivity contribution in [3.63, 3.8) is 0 Å². The Hall–Kier alpha value is -3.68. The van der Waals surface area contributed by atoms with E-state index in [1.807, 2.05) is 17.0 Å². The lowest BCUT2D eigenvalue weighted by Gasteiger charge is -2.32. The zero-order valence-corrected chi connectivity index (χ0v) is 18.1. The molecule has 2 unspecified atom stereocenters. The van der Waals surface area contributed by atoms with E-state index in [0.717, 1.165) is 29.7 Å². The number of rotatable bonds is 3. The van der Waals surface area contributed by atoms with Crippen LogP contribution in [0, 0.1) is 6.92 Å². The van der Waals surface area contributed by atoms with Crippen LogP contribution in [0.25, 0.3) is 11.0 Å². The Bertz CT molecular complexity index is 1250. The van der Waals surface area contributed by atoms with Gasteiger partial charge < -0.3 is 15.2 Å². The number of hydrogen-bond donors (Lipinski definition) is 3. The summed E-state index contributed by atoms with van der Waals surface area (Å²) < 4.78 is 0. The third kappa shape index (κ3) is 3.41. The molecular formula is C24H25N5O3. The number of carbonyl (C=O) groups excluding carboxylic acids is 3. The van der Waals surface area contributed by atoms with Gasteiger partial charge in [0.05, 0.1) is 11.0 Å². The second-order valence-corrected chi connectivity index (χ2v) is 8.85. The molecule has 3 heterocycles. The van der Waals surface area contributed by atoms with Crippen LogP contribution in [0.1, 0.15) is 53.0 Å². The summed E-state index contributed by atoms with van der Waals surface area (Å²) in [6, 6.07) is 12.5. The highest BCUT2D eigenvalue weighted by Gasteiger charge is 2.43. The minimum atomic E-state index is -1.19. The number of fused-ring (bicyclic) bond motifs is 1. The third-order valence-electron chi connectivity index (χ3n) is 6.48. The zero-order valence-electron chi connectivity index (χ0n) is 18.1. The summed E-state index contributed by atoms with van der Waals surface area (Å²) in [6.07, 6.45) is 1.86. The fourth-order valence-electron chi connectivity index (χ4n) is 4.61. The predicted octanol–water partition coefficient (Wildman–Crippen LogP) is 2.95. The number of nitrogens with zero attached hydrogens (tertiary/aromatic N) is 2. The monoisotopic (exact) mass is 431 g/mol. The molecule has 0 aliphatic carbocycles. The Morgan fingerprint density at radius 2 is 2.03 bits per heavy atom. The molecule has 164 valence electrons. The van der Waals surface area contributed by atoms with E-state index in [9.17, 15) is 14.4 Å². The minimum absolute atomic E-state index is 0.0863. The van der Waals surface area contributed by atoms with Gasteiger partial charge in [-0.3, -0.25) is 14.9 Å². The molecule has 2 aliphatic heterocycles. The first-order valence-corrected chi connectivity index (χ1v) is 10.8. The number of aryl methyl sites for hydroxylation is 1. The lowest BCUT2D eigenvalue weighted by Crippen LogP contribution is -2.41. The Morgan fingerprint density at radius 1 is 1.19 bits per heavy atom. The maximum absolute atomic E-state index is 13.3. The highest BCUT2D eigenvalue weighted by molar-refractivity contribution is 6.07. The molecule has 0 saturated carbocycles. The fraction of sp³-hybridized carbons (Fsp3) is 0.333. The number of piperidine rings is 1. The van der Waals surface area contributed by atoms with Gasteiger partial charge >= 0.3 is 6.03 Å². The maximum atomic E-state index is 13.3. The van der Waals surface area contributed by atoms with Crippen LogP contribution in [0.15, 0.2) is 42.5 Å². The molecule has 3 aromatic rings. The molecule has 0 spiro atoms. The summed E-state index contributed by atoms with van der Waals surface area (Å²) in [6.45, 7) is 4.94. The number of hydrogen-bond acceptors (Lipinski definition) is 4.